The molecule has 148 valence electrons. The zero-order chi connectivity index (χ0) is 20.6. The van der Waals surface area contributed by atoms with E-state index in [1.54, 1.807) is 0 Å². The van der Waals surface area contributed by atoms with Gasteiger partial charge in [-0.2, -0.15) is 13.2 Å². The van der Waals surface area contributed by atoms with Crippen LogP contribution in [0.3, 0.4) is 0 Å². The van der Waals surface area contributed by atoms with Crippen molar-refractivity contribution in [3.8, 4) is 0 Å². The summed E-state index contributed by atoms with van der Waals surface area (Å²) in [4.78, 5) is 4.08. The van der Waals surface area contributed by atoms with Gasteiger partial charge in [0.1, 0.15) is 15.9 Å². The highest BCUT2D eigenvalue weighted by atomic mass is 32.2. The van der Waals surface area contributed by atoms with Crippen LogP contribution in [0.1, 0.15) is 0 Å². The van der Waals surface area contributed by atoms with Crippen LogP contribution < -0.4 is 0 Å². The van der Waals surface area contributed by atoms with Gasteiger partial charge in [0.25, 0.3) is 0 Å². The van der Waals surface area contributed by atoms with Gasteiger partial charge in [-0.15, -0.1) is 0 Å². The molecule has 0 aromatic heterocycles. The number of alkyl halides is 3. The zero-order valence-corrected chi connectivity index (χ0v) is 16.2. The third-order valence-corrected chi connectivity index (χ3v) is 6.19. The van der Waals surface area contributed by atoms with Gasteiger partial charge < -0.3 is 4.55 Å². The smallest absolute Gasteiger partial charge is 0.401 e. The van der Waals surface area contributed by atoms with Gasteiger partial charge in [0.15, 0.2) is 14.7 Å². The fraction of sp³-hybridized carbons (Fsp3) is 0.100. The maximum absolute atomic E-state index is 11.0. The Balaban J connectivity index is 0.000000266. The first-order valence-corrected chi connectivity index (χ1v) is 10.9. The molecule has 0 bridgehead atoms. The lowest BCUT2D eigenvalue weighted by Gasteiger charge is -2.08. The Labute approximate surface area is 164 Å². The number of hydrogen-bond donors (Lipinski definition) is 0. The van der Waals surface area contributed by atoms with E-state index < -0.39 is 22.0 Å². The van der Waals surface area contributed by atoms with Crippen molar-refractivity contribution in [2.45, 2.75) is 20.9 Å². The number of halogens is 3. The minimum atomic E-state index is -5.16. The fourth-order valence-corrected chi connectivity index (χ4v) is 4.78. The molecule has 0 saturated heterocycles. The third kappa shape index (κ3) is 7.75. The predicted octanol–water partition coefficient (Wildman–Crippen LogP) is 4.88. The van der Waals surface area contributed by atoms with E-state index in [2.05, 4.69) is 91.0 Å². The summed E-state index contributed by atoms with van der Waals surface area (Å²) in [6.07, 6.45) is -4.92. The normalized spacial score (nSPS) is 11.6. The molecule has 0 atom stereocenters. The molecule has 3 aromatic rings. The second-order valence-corrected chi connectivity index (χ2v) is 8.99. The van der Waals surface area contributed by atoms with Crippen LogP contribution in [0.5, 0.6) is 0 Å². The number of hydrogen-bond acceptors (Lipinski definition) is 3. The van der Waals surface area contributed by atoms with Crippen molar-refractivity contribution in [3.63, 3.8) is 0 Å². The Bertz CT molecular complexity index is 852. The van der Waals surface area contributed by atoms with Crippen LogP contribution in [-0.4, -0.2) is 24.9 Å². The molecular weight excluding hydrogens is 409 g/mol. The van der Waals surface area contributed by atoms with E-state index in [-0.39, 0.29) is 10.9 Å². The predicted molar refractivity (Wildman–Crippen MR) is 102 cm³/mol. The van der Waals surface area contributed by atoms with E-state index in [1.165, 1.54) is 14.7 Å². The monoisotopic (exact) mass is 426 g/mol. The van der Waals surface area contributed by atoms with E-state index in [9.17, 15) is 26.1 Å². The van der Waals surface area contributed by atoms with Crippen molar-refractivity contribution in [3.05, 3.63) is 91.0 Å². The molecule has 0 aliphatic heterocycles. The van der Waals surface area contributed by atoms with Crippen molar-refractivity contribution in [1.29, 1.82) is 0 Å². The molecule has 0 amide bonds. The lowest BCUT2D eigenvalue weighted by Crippen LogP contribution is -2.21. The summed E-state index contributed by atoms with van der Waals surface area (Å²) in [5.41, 5.74) is 0. The third-order valence-electron chi connectivity index (χ3n) is 3.28. The van der Waals surface area contributed by atoms with Crippen molar-refractivity contribution >= 4 is 21.0 Å². The average molecular weight is 426 g/mol. The molecule has 0 aliphatic rings. The van der Waals surface area contributed by atoms with Crippen molar-refractivity contribution in [1.82, 2.24) is 0 Å². The molecule has 0 unspecified atom stereocenters. The molecule has 3 rings (SSSR count). The molecule has 3 nitrogen and oxygen atoms in total. The number of benzene rings is 3. The minimum absolute atomic E-state index is 0.0146. The summed E-state index contributed by atoms with van der Waals surface area (Å²) in [5, 5.41) is 0. The second kappa shape index (κ2) is 9.77. The van der Waals surface area contributed by atoms with Gasteiger partial charge in [0.2, 0.25) is 0 Å². The molecule has 0 heterocycles. The summed E-state index contributed by atoms with van der Waals surface area (Å²) in [6, 6.07) is 32.2. The maximum Gasteiger partial charge on any atom is 0.401 e. The van der Waals surface area contributed by atoms with Gasteiger partial charge in [-0.3, -0.25) is 0 Å². The minimum Gasteiger partial charge on any atom is -0.748 e. The van der Waals surface area contributed by atoms with Gasteiger partial charge in [-0.1, -0.05) is 54.6 Å². The highest BCUT2D eigenvalue weighted by Crippen LogP contribution is 2.30. The van der Waals surface area contributed by atoms with Gasteiger partial charge >= 0.3 is 6.18 Å². The Hall–Kier alpha value is -2.29. The summed E-state index contributed by atoms with van der Waals surface area (Å²) in [6.45, 7) is 0. The Kier molecular flexibility index (Phi) is 7.68. The van der Waals surface area contributed by atoms with Gasteiger partial charge in [0, 0.05) is 0 Å². The first kappa shape index (κ1) is 22.0. The first-order valence-electron chi connectivity index (χ1n) is 8.05. The zero-order valence-electron chi connectivity index (χ0n) is 14.5. The van der Waals surface area contributed by atoms with Crippen molar-refractivity contribution in [2.24, 2.45) is 0 Å². The number of rotatable bonds is 4. The molecule has 0 fully saturated rings. The maximum atomic E-state index is 11.0. The molecule has 3 aromatic carbocycles. The Morgan fingerprint density at radius 2 is 0.964 bits per heavy atom. The average Bonchev–Trinajstić information content (AvgIpc) is 2.62. The van der Waals surface area contributed by atoms with Gasteiger partial charge in [-0.25, -0.2) is 8.42 Å². The molecule has 0 saturated carbocycles. The Morgan fingerprint density at radius 3 is 1.14 bits per heavy atom. The molecule has 28 heavy (non-hydrogen) atoms. The lowest BCUT2D eigenvalue weighted by atomic mass is 10.4. The standard InChI is InChI=1S/C18H15S.C2H3F3O3S/c1-4-10-16(11-5-1)19(17-12-6-2-7-13-17)18-14-8-3-9-15-18;3-2(4,5)1-9(6,7)8/h1-15H;1H2,(H,6,7,8)/q+1;/p-1. The van der Waals surface area contributed by atoms with Crippen LogP contribution in [0.25, 0.3) is 0 Å². The van der Waals surface area contributed by atoms with E-state index in [4.69, 9.17) is 0 Å². The SMILES string of the molecule is O=S(=O)([O-])CC(F)(F)F.c1ccc([S+](c2ccccc2)c2ccccc2)cc1. The molecule has 0 radical (unpaired) electrons. The summed E-state index contributed by atoms with van der Waals surface area (Å²) in [5.74, 6) is -2.29. The summed E-state index contributed by atoms with van der Waals surface area (Å²) < 4.78 is 61.0. The highest BCUT2D eigenvalue weighted by Gasteiger charge is 2.30. The second-order valence-electron chi connectivity index (χ2n) is 5.56. The van der Waals surface area contributed by atoms with E-state index in [1.807, 2.05) is 0 Å². The fourth-order valence-electron chi connectivity index (χ4n) is 2.28. The van der Waals surface area contributed by atoms with Crippen LogP contribution in [0.15, 0.2) is 106 Å². The summed E-state index contributed by atoms with van der Waals surface area (Å²) >= 11 is 0. The first-order chi connectivity index (χ1) is 13.2. The van der Waals surface area contributed by atoms with E-state index in [0.717, 1.165) is 0 Å². The quantitative estimate of drug-likeness (QED) is 0.442. The summed E-state index contributed by atoms with van der Waals surface area (Å²) in [7, 11) is -5.17. The molecule has 0 aliphatic carbocycles. The molecule has 0 spiro atoms. The Morgan fingerprint density at radius 1 is 0.679 bits per heavy atom. The topological polar surface area (TPSA) is 57.2 Å². The van der Waals surface area contributed by atoms with E-state index >= 15 is 0 Å². The van der Waals surface area contributed by atoms with Crippen LogP contribution in [-0.2, 0) is 21.0 Å². The van der Waals surface area contributed by atoms with E-state index in [0.29, 0.717) is 0 Å². The van der Waals surface area contributed by atoms with Gasteiger partial charge in [0.05, 0.1) is 10.9 Å². The molecule has 8 heteroatoms. The van der Waals surface area contributed by atoms with Crippen LogP contribution in [0.2, 0.25) is 0 Å². The van der Waals surface area contributed by atoms with Crippen LogP contribution in [0, 0.1) is 0 Å². The molecular formula is C20H17F3O3S2. The largest absolute Gasteiger partial charge is 0.748 e. The van der Waals surface area contributed by atoms with Crippen LogP contribution in [0.4, 0.5) is 13.2 Å². The lowest BCUT2D eigenvalue weighted by molar-refractivity contribution is -0.107. The van der Waals surface area contributed by atoms with Crippen molar-refractivity contribution in [2.75, 3.05) is 5.75 Å². The van der Waals surface area contributed by atoms with Crippen LogP contribution >= 0.6 is 0 Å². The molecule has 0 N–H and O–H groups in total. The highest BCUT2D eigenvalue weighted by molar-refractivity contribution is 7.97. The van der Waals surface area contributed by atoms with Crippen molar-refractivity contribution < 1.29 is 26.1 Å². The van der Waals surface area contributed by atoms with Gasteiger partial charge in [-0.05, 0) is 36.4 Å².